The maximum atomic E-state index is 12.3. The lowest BCUT2D eigenvalue weighted by atomic mass is 10.2. The minimum atomic E-state index is -3.70. The highest BCUT2D eigenvalue weighted by molar-refractivity contribution is 7.90. The van der Waals surface area contributed by atoms with E-state index in [1.54, 1.807) is 30.3 Å². The Hall–Kier alpha value is -3.20. The average Bonchev–Trinajstić information content (AvgIpc) is 2.94. The van der Waals surface area contributed by atoms with Crippen LogP contribution in [0.2, 0.25) is 0 Å². The van der Waals surface area contributed by atoms with Gasteiger partial charge in [-0.2, -0.15) is 0 Å². The van der Waals surface area contributed by atoms with E-state index < -0.39 is 34.0 Å². The highest BCUT2D eigenvalue weighted by Crippen LogP contribution is 2.22. The summed E-state index contributed by atoms with van der Waals surface area (Å²) >= 11 is 0. The number of nitrogens with zero attached hydrogens (tertiary/aromatic N) is 1. The van der Waals surface area contributed by atoms with E-state index in [9.17, 15) is 18.0 Å². The zero-order chi connectivity index (χ0) is 21.2. The molecule has 0 aromatic heterocycles. The predicted molar refractivity (Wildman–Crippen MR) is 108 cm³/mol. The molecule has 0 unspecified atom stereocenters. The number of hydrogen-bond donors (Lipinski definition) is 2. The zero-order valence-electron chi connectivity index (χ0n) is 16.2. The van der Waals surface area contributed by atoms with Crippen molar-refractivity contribution in [3.8, 4) is 0 Å². The Kier molecular flexibility index (Phi) is 5.69. The number of sulfonamides is 1. The first kappa shape index (κ1) is 20.5. The van der Waals surface area contributed by atoms with Gasteiger partial charge < -0.3 is 10.1 Å². The lowest BCUT2D eigenvalue weighted by Gasteiger charge is -2.15. The topological polar surface area (TPSA) is 114 Å². The van der Waals surface area contributed by atoms with Crippen molar-refractivity contribution in [1.82, 2.24) is 4.72 Å². The Bertz CT molecular complexity index is 1080. The van der Waals surface area contributed by atoms with Crippen LogP contribution in [0.5, 0.6) is 0 Å². The maximum Gasteiger partial charge on any atom is 0.331 e. The largest absolute Gasteiger partial charge is 0.451 e. The van der Waals surface area contributed by atoms with Gasteiger partial charge in [0.1, 0.15) is 11.9 Å². The highest BCUT2D eigenvalue weighted by Gasteiger charge is 2.31. The maximum absolute atomic E-state index is 12.3. The average molecular weight is 415 g/mol. The molecule has 1 aliphatic rings. The molecular weight excluding hydrogens is 394 g/mol. The molecule has 2 N–H and O–H groups in total. The molecule has 152 valence electrons. The fourth-order valence-corrected chi connectivity index (χ4v) is 3.92. The Balaban J connectivity index is 1.65. The summed E-state index contributed by atoms with van der Waals surface area (Å²) in [6.07, 6.45) is -1.04. The summed E-state index contributed by atoms with van der Waals surface area (Å²) in [6, 6.07) is 12.5. The van der Waals surface area contributed by atoms with Crippen LogP contribution >= 0.6 is 0 Å². The van der Waals surface area contributed by atoms with Gasteiger partial charge in [0.15, 0.2) is 6.10 Å². The number of benzene rings is 2. The number of carbonyl (C=O) groups is 2. The smallest absolute Gasteiger partial charge is 0.331 e. The third kappa shape index (κ3) is 4.62. The van der Waals surface area contributed by atoms with Gasteiger partial charge >= 0.3 is 5.97 Å². The first-order chi connectivity index (χ1) is 13.7. The van der Waals surface area contributed by atoms with Crippen molar-refractivity contribution < 1.29 is 22.7 Å². The molecule has 1 amide bonds. The van der Waals surface area contributed by atoms with Crippen LogP contribution in [0.15, 0.2) is 58.4 Å². The van der Waals surface area contributed by atoms with Crippen molar-refractivity contribution in [2.45, 2.75) is 37.8 Å². The molecule has 2 aromatic carbocycles. The predicted octanol–water partition coefficient (Wildman–Crippen LogP) is 1.99. The van der Waals surface area contributed by atoms with Crippen molar-refractivity contribution in [2.75, 3.05) is 5.32 Å². The molecule has 0 spiro atoms. The van der Waals surface area contributed by atoms with Gasteiger partial charge in [-0.15, -0.1) is 0 Å². The van der Waals surface area contributed by atoms with Crippen molar-refractivity contribution in [1.29, 1.82) is 0 Å². The number of amidine groups is 1. The molecule has 1 aliphatic heterocycles. The molecular formula is C20H21N3O5S. The summed E-state index contributed by atoms with van der Waals surface area (Å²) in [5.74, 6) is -1.15. The van der Waals surface area contributed by atoms with Crippen LogP contribution in [0.4, 0.5) is 5.69 Å². The zero-order valence-corrected chi connectivity index (χ0v) is 17.0. The number of carbonyl (C=O) groups excluding carboxylic acids is 2. The van der Waals surface area contributed by atoms with Crippen LogP contribution < -0.4 is 10.0 Å². The number of amides is 1. The van der Waals surface area contributed by atoms with E-state index in [1.807, 2.05) is 19.1 Å². The van der Waals surface area contributed by atoms with Crippen LogP contribution in [-0.2, 0) is 24.3 Å². The van der Waals surface area contributed by atoms with Crippen LogP contribution in [0.1, 0.15) is 25.0 Å². The lowest BCUT2D eigenvalue weighted by molar-refractivity contribution is -0.153. The van der Waals surface area contributed by atoms with Gasteiger partial charge in [0, 0.05) is 11.3 Å². The number of ether oxygens (including phenoxy) is 1. The third-order valence-electron chi connectivity index (χ3n) is 4.31. The fourth-order valence-electron chi connectivity index (χ4n) is 2.68. The molecule has 0 saturated carbocycles. The van der Waals surface area contributed by atoms with E-state index >= 15 is 0 Å². The summed E-state index contributed by atoms with van der Waals surface area (Å²) in [6.45, 7) is 4.85. The van der Waals surface area contributed by atoms with Crippen LogP contribution in [-0.4, -0.2) is 38.3 Å². The minimum absolute atomic E-state index is 0.0711. The number of hydrogen-bond acceptors (Lipinski definition) is 6. The molecule has 0 bridgehead atoms. The number of fused-ring (bicyclic) bond motifs is 1. The summed E-state index contributed by atoms with van der Waals surface area (Å²) in [5.41, 5.74) is 2.03. The van der Waals surface area contributed by atoms with E-state index in [-0.39, 0.29) is 10.7 Å². The van der Waals surface area contributed by atoms with Crippen molar-refractivity contribution in [3.05, 3.63) is 59.7 Å². The third-order valence-corrected chi connectivity index (χ3v) is 5.70. The van der Waals surface area contributed by atoms with Gasteiger partial charge in [0.25, 0.3) is 15.9 Å². The quantitative estimate of drug-likeness (QED) is 0.725. The lowest BCUT2D eigenvalue weighted by Crippen LogP contribution is -2.33. The Morgan fingerprint density at radius 2 is 1.72 bits per heavy atom. The summed E-state index contributed by atoms with van der Waals surface area (Å²) in [7, 11) is -3.70. The van der Waals surface area contributed by atoms with Crippen molar-refractivity contribution in [2.24, 2.45) is 4.99 Å². The van der Waals surface area contributed by atoms with E-state index in [0.717, 1.165) is 5.56 Å². The normalized spacial score (nSPS) is 17.7. The molecule has 29 heavy (non-hydrogen) atoms. The van der Waals surface area contributed by atoms with Gasteiger partial charge in [-0.1, -0.05) is 29.8 Å². The molecule has 0 fully saturated rings. The van der Waals surface area contributed by atoms with Crippen LogP contribution in [0.25, 0.3) is 0 Å². The molecule has 8 nitrogen and oxygen atoms in total. The molecule has 3 rings (SSSR count). The first-order valence-electron chi connectivity index (χ1n) is 8.95. The number of rotatable bonds is 5. The van der Waals surface area contributed by atoms with Gasteiger partial charge in [-0.25, -0.2) is 13.2 Å². The number of aliphatic imine (C=N–C) groups is 1. The second-order valence-corrected chi connectivity index (χ2v) is 8.34. The molecule has 0 aliphatic carbocycles. The molecule has 9 heteroatoms. The van der Waals surface area contributed by atoms with Gasteiger partial charge in [0.2, 0.25) is 0 Å². The van der Waals surface area contributed by atoms with E-state index in [0.29, 0.717) is 11.3 Å². The summed E-state index contributed by atoms with van der Waals surface area (Å²) in [4.78, 5) is 28.8. The highest BCUT2D eigenvalue weighted by atomic mass is 32.2. The number of esters is 1. The van der Waals surface area contributed by atoms with Gasteiger partial charge in [-0.05, 0) is 45.0 Å². The number of aryl methyl sites for hydroxylation is 1. The standard InChI is InChI=1S/C20H21N3O5S/c1-12-8-10-15(11-9-12)22-19(24)14(3)28-20(25)13(2)21-18-16-6-4-5-7-17(16)29(26,27)23-18/h4-11,13-14H,1-3H3,(H,21,23)(H,22,24)/t13-,14-/m1/s1. The van der Waals surface area contributed by atoms with Gasteiger partial charge in [0.05, 0.1) is 4.90 Å². The second-order valence-electron chi connectivity index (χ2n) is 6.69. The Morgan fingerprint density at radius 3 is 2.41 bits per heavy atom. The monoisotopic (exact) mass is 415 g/mol. The molecule has 0 saturated heterocycles. The fraction of sp³-hybridized carbons (Fsp3) is 0.250. The summed E-state index contributed by atoms with van der Waals surface area (Å²) < 4.78 is 31.7. The molecule has 2 atom stereocenters. The van der Waals surface area contributed by atoms with E-state index in [4.69, 9.17) is 4.74 Å². The molecule has 0 radical (unpaired) electrons. The van der Waals surface area contributed by atoms with Gasteiger partial charge in [-0.3, -0.25) is 14.5 Å². The second kappa shape index (κ2) is 8.04. The first-order valence-corrected chi connectivity index (χ1v) is 10.4. The minimum Gasteiger partial charge on any atom is -0.451 e. The number of anilines is 1. The SMILES string of the molecule is Cc1ccc(NC(=O)[C@@H](C)OC(=O)[C@@H](C)N=C2NS(=O)(=O)c3ccccc32)cc1. The van der Waals surface area contributed by atoms with Crippen molar-refractivity contribution in [3.63, 3.8) is 0 Å². The summed E-state index contributed by atoms with van der Waals surface area (Å²) in [5, 5.41) is 2.67. The molecule has 2 aromatic rings. The van der Waals surface area contributed by atoms with E-state index in [2.05, 4.69) is 15.0 Å². The Labute approximate surface area is 169 Å². The number of nitrogens with one attached hydrogen (secondary N) is 2. The van der Waals surface area contributed by atoms with Crippen molar-refractivity contribution >= 4 is 33.4 Å². The van der Waals surface area contributed by atoms with E-state index in [1.165, 1.54) is 19.9 Å². The molecule has 1 heterocycles. The van der Waals surface area contributed by atoms with Crippen LogP contribution in [0, 0.1) is 6.92 Å². The Morgan fingerprint density at radius 1 is 1.07 bits per heavy atom. The van der Waals surface area contributed by atoms with Crippen LogP contribution in [0.3, 0.4) is 0 Å².